The highest BCUT2D eigenvalue weighted by molar-refractivity contribution is 6.12. The Bertz CT molecular complexity index is 1490. The molecule has 9 nitrogen and oxygen atoms in total. The van der Waals surface area contributed by atoms with Gasteiger partial charge < -0.3 is 33.0 Å². The molecule has 0 fully saturated rings. The summed E-state index contributed by atoms with van der Waals surface area (Å²) < 4.78 is 34.3. The summed E-state index contributed by atoms with van der Waals surface area (Å²) in [5.74, 6) is 1.26. The molecule has 0 atom stereocenters. The Balaban J connectivity index is 1.75. The van der Waals surface area contributed by atoms with E-state index in [9.17, 15) is 9.59 Å². The molecule has 0 aliphatic carbocycles. The van der Waals surface area contributed by atoms with Gasteiger partial charge in [0.05, 0.1) is 12.5 Å². The molecule has 1 aliphatic rings. The lowest BCUT2D eigenvalue weighted by Gasteiger charge is -2.21. The standard InChI is InChI=1S/C27H25NO8/c1-4-28(5-2)27(30)36-25-21-17-11-12-19-24(34-15-33-19)22(17)35-26(29)18(21)13-20(23(25)31-3)32-14-16-9-7-6-8-10-16/h6-13H,4-5,14-15H2,1-3H3. The van der Waals surface area contributed by atoms with Gasteiger partial charge in [0.15, 0.2) is 22.8 Å². The molecule has 5 rings (SSSR count). The number of ether oxygens (including phenoxy) is 5. The second kappa shape index (κ2) is 9.69. The first-order chi connectivity index (χ1) is 17.5. The molecule has 186 valence electrons. The number of carbonyl (C=O) groups is 1. The third kappa shape index (κ3) is 4.02. The third-order valence-electron chi connectivity index (χ3n) is 6.03. The van der Waals surface area contributed by atoms with E-state index in [0.29, 0.717) is 35.4 Å². The Morgan fingerprint density at radius 2 is 1.78 bits per heavy atom. The highest BCUT2D eigenvalue weighted by atomic mass is 16.7. The van der Waals surface area contributed by atoms with Crippen LogP contribution in [0.3, 0.4) is 0 Å². The van der Waals surface area contributed by atoms with E-state index in [4.69, 9.17) is 28.1 Å². The lowest BCUT2D eigenvalue weighted by atomic mass is 10.0. The zero-order chi connectivity index (χ0) is 25.2. The maximum atomic E-state index is 13.2. The van der Waals surface area contributed by atoms with Gasteiger partial charge in [-0.05, 0) is 37.6 Å². The van der Waals surface area contributed by atoms with Crippen molar-refractivity contribution in [1.29, 1.82) is 0 Å². The monoisotopic (exact) mass is 491 g/mol. The molecule has 0 saturated heterocycles. The van der Waals surface area contributed by atoms with E-state index in [0.717, 1.165) is 5.56 Å². The normalized spacial score (nSPS) is 12.1. The zero-order valence-corrected chi connectivity index (χ0v) is 20.2. The maximum absolute atomic E-state index is 13.2. The Morgan fingerprint density at radius 3 is 2.50 bits per heavy atom. The summed E-state index contributed by atoms with van der Waals surface area (Å²) in [5, 5.41) is 1.03. The first kappa shape index (κ1) is 23.3. The summed E-state index contributed by atoms with van der Waals surface area (Å²) in [6.07, 6.45) is -0.582. The summed E-state index contributed by atoms with van der Waals surface area (Å²) in [5.41, 5.74) is 0.469. The molecule has 1 amide bonds. The molecular weight excluding hydrogens is 466 g/mol. The second-order valence-electron chi connectivity index (χ2n) is 8.04. The van der Waals surface area contributed by atoms with Crippen molar-refractivity contribution in [1.82, 2.24) is 4.90 Å². The van der Waals surface area contributed by atoms with Gasteiger partial charge in [-0.2, -0.15) is 0 Å². The number of benzene rings is 3. The molecule has 0 spiro atoms. The quantitative estimate of drug-likeness (QED) is 0.260. The van der Waals surface area contributed by atoms with Gasteiger partial charge in [-0.25, -0.2) is 9.59 Å². The molecular formula is C27H25NO8. The van der Waals surface area contributed by atoms with Crippen molar-refractivity contribution in [3.63, 3.8) is 0 Å². The smallest absolute Gasteiger partial charge is 0.415 e. The molecule has 1 aromatic heterocycles. The summed E-state index contributed by atoms with van der Waals surface area (Å²) in [7, 11) is 1.45. The number of amides is 1. The minimum absolute atomic E-state index is 0.00951. The van der Waals surface area contributed by atoms with Crippen molar-refractivity contribution >= 4 is 27.8 Å². The minimum Gasteiger partial charge on any atom is -0.490 e. The van der Waals surface area contributed by atoms with Crippen LogP contribution in [-0.2, 0) is 6.61 Å². The van der Waals surface area contributed by atoms with E-state index >= 15 is 0 Å². The molecule has 1 aliphatic heterocycles. The van der Waals surface area contributed by atoms with E-state index in [-0.39, 0.29) is 41.6 Å². The van der Waals surface area contributed by atoms with Gasteiger partial charge in [0.25, 0.3) is 0 Å². The van der Waals surface area contributed by atoms with Crippen LogP contribution < -0.4 is 29.3 Å². The van der Waals surface area contributed by atoms with Crippen LogP contribution in [-0.4, -0.2) is 38.0 Å². The predicted octanol–water partition coefficient (Wildman–Crippen LogP) is 5.10. The molecule has 0 bridgehead atoms. The first-order valence-electron chi connectivity index (χ1n) is 11.6. The van der Waals surface area contributed by atoms with Gasteiger partial charge in [0.2, 0.25) is 18.3 Å². The average molecular weight is 491 g/mol. The highest BCUT2D eigenvalue weighted by Gasteiger charge is 2.28. The van der Waals surface area contributed by atoms with Crippen molar-refractivity contribution < 1.29 is 32.9 Å². The Labute approximate surface area is 206 Å². The highest BCUT2D eigenvalue weighted by Crippen LogP contribution is 2.48. The Morgan fingerprint density at radius 1 is 1.00 bits per heavy atom. The largest absolute Gasteiger partial charge is 0.490 e. The number of hydrogen-bond acceptors (Lipinski definition) is 8. The van der Waals surface area contributed by atoms with Crippen LogP contribution in [0.1, 0.15) is 19.4 Å². The van der Waals surface area contributed by atoms with Crippen LogP contribution in [0.5, 0.6) is 28.7 Å². The third-order valence-corrected chi connectivity index (χ3v) is 6.03. The number of methoxy groups -OCH3 is 1. The molecule has 3 aromatic carbocycles. The summed E-state index contributed by atoms with van der Waals surface area (Å²) >= 11 is 0. The number of nitrogens with zero attached hydrogens (tertiary/aromatic N) is 1. The fraction of sp³-hybridized carbons (Fsp3) is 0.259. The lowest BCUT2D eigenvalue weighted by molar-refractivity contribution is 0.155. The van der Waals surface area contributed by atoms with Crippen molar-refractivity contribution in [3.8, 4) is 28.7 Å². The maximum Gasteiger partial charge on any atom is 0.415 e. The SMILES string of the molecule is CCN(CC)C(=O)Oc1c(OC)c(OCc2ccccc2)cc2c(=O)oc3c4c(ccc3c12)OCO4. The molecule has 0 unspecified atom stereocenters. The molecule has 9 heteroatoms. The predicted molar refractivity (Wildman–Crippen MR) is 132 cm³/mol. The Hall–Kier alpha value is -4.40. The van der Waals surface area contributed by atoms with Gasteiger partial charge >= 0.3 is 11.7 Å². The molecule has 36 heavy (non-hydrogen) atoms. The van der Waals surface area contributed by atoms with E-state index in [2.05, 4.69) is 0 Å². The summed E-state index contributed by atoms with van der Waals surface area (Å²) in [4.78, 5) is 27.8. The van der Waals surface area contributed by atoms with E-state index < -0.39 is 11.7 Å². The molecule has 4 aromatic rings. The number of carbonyl (C=O) groups excluding carboxylic acids is 1. The summed E-state index contributed by atoms with van der Waals surface area (Å²) in [6.45, 7) is 4.82. The van der Waals surface area contributed by atoms with E-state index in [1.54, 1.807) is 18.2 Å². The van der Waals surface area contributed by atoms with Crippen molar-refractivity contribution in [2.24, 2.45) is 0 Å². The first-order valence-corrected chi connectivity index (χ1v) is 11.6. The summed E-state index contributed by atoms with van der Waals surface area (Å²) in [6, 6.07) is 14.5. The minimum atomic E-state index is -0.645. The van der Waals surface area contributed by atoms with Gasteiger partial charge in [-0.15, -0.1) is 0 Å². The van der Waals surface area contributed by atoms with Gasteiger partial charge in [0.1, 0.15) is 6.61 Å². The van der Waals surface area contributed by atoms with Gasteiger partial charge in [0, 0.05) is 23.9 Å². The molecule has 0 radical (unpaired) electrons. The Kier molecular flexibility index (Phi) is 6.28. The number of hydrogen-bond donors (Lipinski definition) is 0. The van der Waals surface area contributed by atoms with Crippen LogP contribution in [0.2, 0.25) is 0 Å². The van der Waals surface area contributed by atoms with Crippen molar-refractivity contribution in [2.45, 2.75) is 20.5 Å². The van der Waals surface area contributed by atoms with Crippen LogP contribution in [0, 0.1) is 0 Å². The fourth-order valence-electron chi connectivity index (χ4n) is 4.20. The van der Waals surface area contributed by atoms with Gasteiger partial charge in [-0.3, -0.25) is 0 Å². The zero-order valence-electron chi connectivity index (χ0n) is 20.2. The topological polar surface area (TPSA) is 96.7 Å². The van der Waals surface area contributed by atoms with Crippen LogP contribution in [0.25, 0.3) is 21.7 Å². The molecule has 0 saturated carbocycles. The fourth-order valence-corrected chi connectivity index (χ4v) is 4.20. The second-order valence-corrected chi connectivity index (χ2v) is 8.04. The average Bonchev–Trinajstić information content (AvgIpc) is 3.38. The number of fused-ring (bicyclic) bond motifs is 5. The van der Waals surface area contributed by atoms with Crippen molar-refractivity contribution in [2.75, 3.05) is 27.0 Å². The van der Waals surface area contributed by atoms with E-state index in [1.807, 2.05) is 44.2 Å². The number of rotatable bonds is 7. The molecule has 0 N–H and O–H groups in total. The van der Waals surface area contributed by atoms with Gasteiger partial charge in [-0.1, -0.05) is 30.3 Å². The van der Waals surface area contributed by atoms with Crippen LogP contribution in [0.15, 0.2) is 57.7 Å². The molecule has 2 heterocycles. The lowest BCUT2D eigenvalue weighted by Crippen LogP contribution is -2.33. The van der Waals surface area contributed by atoms with E-state index in [1.165, 1.54) is 12.0 Å². The van der Waals surface area contributed by atoms with Crippen LogP contribution >= 0.6 is 0 Å². The van der Waals surface area contributed by atoms with Crippen molar-refractivity contribution in [3.05, 3.63) is 64.5 Å². The van der Waals surface area contributed by atoms with Crippen LogP contribution in [0.4, 0.5) is 4.79 Å².